The first-order valence-electron chi connectivity index (χ1n) is 11.8. The van der Waals surface area contributed by atoms with Crippen molar-refractivity contribution in [1.82, 2.24) is 30.5 Å². The number of aromatic nitrogens is 3. The number of fused-ring (bicyclic) bond motifs is 2. The molecule has 5 rings (SSSR count). The summed E-state index contributed by atoms with van der Waals surface area (Å²) in [7, 11) is 0. The number of rotatable bonds is 3. The summed E-state index contributed by atoms with van der Waals surface area (Å²) in [6.07, 6.45) is -0.320. The average molecular weight is 494 g/mol. The number of alkyl halides is 3. The van der Waals surface area contributed by atoms with Gasteiger partial charge in [-0.15, -0.1) is 10.2 Å². The molecule has 2 aromatic rings. The maximum Gasteiger partial charge on any atom is 0.451 e. The van der Waals surface area contributed by atoms with Gasteiger partial charge in [-0.05, 0) is 49.8 Å². The third-order valence-electron chi connectivity index (χ3n) is 7.34. The predicted octanol–water partition coefficient (Wildman–Crippen LogP) is 3.00. The molecule has 0 bridgehead atoms. The third kappa shape index (κ3) is 4.39. The lowest BCUT2D eigenvalue weighted by molar-refractivity contribution is -0.148. The molecule has 1 saturated carbocycles. The first kappa shape index (κ1) is 23.7. The smallest absolute Gasteiger partial charge is 0.329 e. The molecule has 3 heterocycles. The van der Waals surface area contributed by atoms with Gasteiger partial charge >= 0.3 is 6.18 Å². The van der Waals surface area contributed by atoms with Gasteiger partial charge in [-0.1, -0.05) is 18.9 Å². The average Bonchev–Trinajstić information content (AvgIpc) is 3.27. The van der Waals surface area contributed by atoms with Crippen LogP contribution in [0.5, 0.6) is 0 Å². The molecular weight excluding hydrogens is 468 g/mol. The summed E-state index contributed by atoms with van der Waals surface area (Å²) < 4.78 is 55.4. The minimum Gasteiger partial charge on any atom is -0.329 e. The number of halogens is 4. The molecule has 3 aliphatic rings. The summed E-state index contributed by atoms with van der Waals surface area (Å²) in [5, 5.41) is 6.88. The van der Waals surface area contributed by atoms with E-state index in [9.17, 15) is 27.2 Å². The summed E-state index contributed by atoms with van der Waals surface area (Å²) in [4.78, 5) is 26.7. The van der Waals surface area contributed by atoms with Gasteiger partial charge < -0.3 is 9.47 Å². The van der Waals surface area contributed by atoms with Gasteiger partial charge in [0, 0.05) is 18.5 Å². The van der Waals surface area contributed by atoms with Gasteiger partial charge in [-0.25, -0.2) is 9.82 Å². The van der Waals surface area contributed by atoms with E-state index in [4.69, 9.17) is 0 Å². The van der Waals surface area contributed by atoms with Crippen LogP contribution in [0.2, 0.25) is 0 Å². The molecule has 8 nitrogen and oxygen atoms in total. The van der Waals surface area contributed by atoms with E-state index < -0.39 is 29.8 Å². The zero-order valence-electron chi connectivity index (χ0n) is 19.1. The van der Waals surface area contributed by atoms with E-state index >= 15 is 0 Å². The Labute approximate surface area is 199 Å². The summed E-state index contributed by atoms with van der Waals surface area (Å²) in [6, 6.07) is 3.59. The second-order valence-electron chi connectivity index (χ2n) is 9.66. The number of nitrogens with zero attached hydrogens (tertiary/aromatic N) is 4. The quantitative estimate of drug-likeness (QED) is 0.641. The largest absolute Gasteiger partial charge is 0.451 e. The first-order chi connectivity index (χ1) is 16.6. The zero-order valence-corrected chi connectivity index (χ0v) is 19.1. The highest BCUT2D eigenvalue weighted by Gasteiger charge is 2.42. The molecule has 4 atom stereocenters. The Kier molecular flexibility index (Phi) is 6.02. The monoisotopic (exact) mass is 494 g/mol. The molecule has 0 spiro atoms. The van der Waals surface area contributed by atoms with Crippen LogP contribution in [-0.2, 0) is 23.9 Å². The predicted molar refractivity (Wildman–Crippen MR) is 115 cm³/mol. The van der Waals surface area contributed by atoms with Crippen LogP contribution in [0, 0.1) is 17.7 Å². The highest BCUT2D eigenvalue weighted by Crippen LogP contribution is 2.36. The molecule has 1 aromatic heterocycles. The van der Waals surface area contributed by atoms with Crippen LogP contribution in [0.1, 0.15) is 66.2 Å². The Morgan fingerprint density at radius 2 is 1.97 bits per heavy atom. The van der Waals surface area contributed by atoms with E-state index in [1.807, 2.05) is 0 Å². The zero-order chi connectivity index (χ0) is 24.9. The van der Waals surface area contributed by atoms with Crippen molar-refractivity contribution in [3.05, 3.63) is 46.8 Å². The second-order valence-corrected chi connectivity index (χ2v) is 9.66. The highest BCUT2D eigenvalue weighted by molar-refractivity contribution is 5.94. The summed E-state index contributed by atoms with van der Waals surface area (Å²) in [5.74, 6) is -2.29. The number of hydrazine groups is 1. The lowest BCUT2D eigenvalue weighted by atomic mass is 9.72. The summed E-state index contributed by atoms with van der Waals surface area (Å²) >= 11 is 0. The van der Waals surface area contributed by atoms with E-state index in [2.05, 4.69) is 21.0 Å². The van der Waals surface area contributed by atoms with Crippen molar-refractivity contribution in [3.8, 4) is 0 Å². The second kappa shape index (κ2) is 8.89. The molecule has 2 N–H and O–H groups in total. The van der Waals surface area contributed by atoms with Gasteiger partial charge in [0.25, 0.3) is 5.91 Å². The molecule has 3 unspecified atom stereocenters. The van der Waals surface area contributed by atoms with Crippen molar-refractivity contribution in [1.29, 1.82) is 0 Å². The van der Waals surface area contributed by atoms with Crippen molar-refractivity contribution in [2.24, 2.45) is 11.8 Å². The fourth-order valence-corrected chi connectivity index (χ4v) is 5.70. The van der Waals surface area contributed by atoms with Gasteiger partial charge in [0.1, 0.15) is 5.82 Å². The highest BCUT2D eigenvalue weighted by atomic mass is 19.4. The van der Waals surface area contributed by atoms with Gasteiger partial charge in [-0.2, -0.15) is 13.2 Å². The van der Waals surface area contributed by atoms with E-state index in [-0.39, 0.29) is 48.3 Å². The van der Waals surface area contributed by atoms with Gasteiger partial charge in [-0.3, -0.25) is 15.0 Å². The molecule has 1 saturated heterocycles. The van der Waals surface area contributed by atoms with Gasteiger partial charge in [0.15, 0.2) is 5.82 Å². The topological polar surface area (TPSA) is 92.2 Å². The molecular formula is C23H26F4N6O2. The molecule has 12 heteroatoms. The Morgan fingerprint density at radius 1 is 1.20 bits per heavy atom. The molecule has 1 aliphatic carbocycles. The van der Waals surface area contributed by atoms with Crippen LogP contribution in [0.25, 0.3) is 0 Å². The van der Waals surface area contributed by atoms with Crippen molar-refractivity contribution in [2.45, 2.75) is 63.8 Å². The maximum atomic E-state index is 14.7. The van der Waals surface area contributed by atoms with Crippen LogP contribution in [0.4, 0.5) is 17.6 Å². The van der Waals surface area contributed by atoms with E-state index in [0.29, 0.717) is 6.42 Å². The van der Waals surface area contributed by atoms with Crippen LogP contribution in [0.15, 0.2) is 18.2 Å². The maximum absolute atomic E-state index is 14.7. The molecule has 2 aliphatic heterocycles. The summed E-state index contributed by atoms with van der Waals surface area (Å²) in [5.41, 5.74) is 6.42. The molecule has 188 valence electrons. The van der Waals surface area contributed by atoms with Crippen LogP contribution in [-0.4, -0.2) is 44.1 Å². The minimum atomic E-state index is -4.66. The van der Waals surface area contributed by atoms with Crippen LogP contribution < -0.4 is 10.9 Å². The number of hydrogen-bond acceptors (Lipinski definition) is 5. The number of carbonyl (C=O) groups is 2. The molecule has 35 heavy (non-hydrogen) atoms. The van der Waals surface area contributed by atoms with E-state index in [1.165, 1.54) is 24.0 Å². The normalized spacial score (nSPS) is 26.7. The van der Waals surface area contributed by atoms with Crippen molar-refractivity contribution < 1.29 is 27.2 Å². The standard InChI is InChI=1S/C23H26F4N6O2/c1-12-10-32(11-19-29-31-22(33(12)19)23(25,26)27)21(35)16-8-13(6-7-17(16)24)9-18-14-4-2-3-5-15(14)20(34)30-28-18/h6-8,12,14-15,18,28H,2-5,9-11H2,1H3,(H,30,34)/t12-,14?,15?,18?/m1/s1. The Hall–Kier alpha value is -3.02. The molecule has 0 radical (unpaired) electrons. The Bertz CT molecular complexity index is 1150. The number of benzene rings is 1. The Morgan fingerprint density at radius 3 is 2.74 bits per heavy atom. The SMILES string of the molecule is C[C@@H]1CN(C(=O)c2cc(CC3NNC(=O)C4CCCCC34)ccc2F)Cc2nnc(C(F)(F)F)n21. The van der Waals surface area contributed by atoms with Gasteiger partial charge in [0.2, 0.25) is 11.7 Å². The lowest BCUT2D eigenvalue weighted by Gasteiger charge is -2.41. The Balaban J connectivity index is 1.35. The fraction of sp³-hybridized carbons (Fsp3) is 0.565. The molecule has 1 aromatic carbocycles. The molecule has 2 fully saturated rings. The number of carbonyl (C=O) groups excluding carboxylic acids is 2. The van der Waals surface area contributed by atoms with Crippen molar-refractivity contribution >= 4 is 11.8 Å². The van der Waals surface area contributed by atoms with E-state index in [0.717, 1.165) is 35.8 Å². The van der Waals surface area contributed by atoms with Gasteiger partial charge in [0.05, 0.1) is 18.2 Å². The third-order valence-corrected chi connectivity index (χ3v) is 7.34. The van der Waals surface area contributed by atoms with Crippen LogP contribution in [0.3, 0.4) is 0 Å². The van der Waals surface area contributed by atoms with Crippen molar-refractivity contribution in [3.63, 3.8) is 0 Å². The lowest BCUT2D eigenvalue weighted by Crippen LogP contribution is -2.60. The summed E-state index contributed by atoms with van der Waals surface area (Å²) in [6.45, 7) is 1.31. The van der Waals surface area contributed by atoms with Crippen LogP contribution >= 0.6 is 0 Å². The first-order valence-corrected chi connectivity index (χ1v) is 11.8. The number of amides is 2. The van der Waals surface area contributed by atoms with E-state index in [1.54, 1.807) is 6.07 Å². The number of nitrogens with one attached hydrogen (secondary N) is 2. The number of hydrogen-bond donors (Lipinski definition) is 2. The molecule has 2 amide bonds. The van der Waals surface area contributed by atoms with Crippen molar-refractivity contribution in [2.75, 3.05) is 6.54 Å². The minimum absolute atomic E-state index is 0.00155. The fourth-order valence-electron chi connectivity index (χ4n) is 5.70.